The standard InChI is InChI=1S/C16H23N3O2S/c1-16(2,3)14-6-8-15(9-7-14)22(20,21)18-11-5-13-19-12-4-10-17-19/h4,6-10,12,18H,5,11,13H2,1-3H3. The Hall–Kier alpha value is -1.66. The van der Waals surface area contributed by atoms with E-state index in [2.05, 4.69) is 30.6 Å². The summed E-state index contributed by atoms with van der Waals surface area (Å²) >= 11 is 0. The van der Waals surface area contributed by atoms with E-state index in [4.69, 9.17) is 0 Å². The third kappa shape index (κ3) is 4.42. The Kier molecular flexibility index (Phi) is 5.03. The third-order valence-corrected chi connectivity index (χ3v) is 4.92. The van der Waals surface area contributed by atoms with E-state index in [0.29, 0.717) is 24.4 Å². The van der Waals surface area contributed by atoms with Gasteiger partial charge in [-0.2, -0.15) is 5.10 Å². The molecule has 0 bridgehead atoms. The molecule has 0 aliphatic heterocycles. The van der Waals surface area contributed by atoms with Crippen LogP contribution in [0.15, 0.2) is 47.6 Å². The number of nitrogens with one attached hydrogen (secondary N) is 1. The second kappa shape index (κ2) is 6.62. The normalized spacial score (nSPS) is 12.5. The average Bonchev–Trinajstić information content (AvgIpc) is 2.96. The molecule has 0 atom stereocenters. The maximum absolute atomic E-state index is 12.2. The Balaban J connectivity index is 1.92. The largest absolute Gasteiger partial charge is 0.273 e. The molecular formula is C16H23N3O2S. The van der Waals surface area contributed by atoms with E-state index >= 15 is 0 Å². The van der Waals surface area contributed by atoms with Crippen LogP contribution in [0.5, 0.6) is 0 Å². The number of aromatic nitrogens is 2. The first-order valence-corrected chi connectivity index (χ1v) is 8.85. The molecule has 6 heteroatoms. The van der Waals surface area contributed by atoms with Gasteiger partial charge >= 0.3 is 0 Å². The predicted octanol–water partition coefficient (Wildman–Crippen LogP) is 2.55. The van der Waals surface area contributed by atoms with Gasteiger partial charge < -0.3 is 0 Å². The molecule has 0 saturated carbocycles. The van der Waals surface area contributed by atoms with Crippen LogP contribution in [-0.2, 0) is 22.0 Å². The van der Waals surface area contributed by atoms with Crippen LogP contribution in [-0.4, -0.2) is 24.7 Å². The molecular weight excluding hydrogens is 298 g/mol. The zero-order valence-electron chi connectivity index (χ0n) is 13.3. The summed E-state index contributed by atoms with van der Waals surface area (Å²) in [7, 11) is -3.44. The Morgan fingerprint density at radius 1 is 1.18 bits per heavy atom. The summed E-state index contributed by atoms with van der Waals surface area (Å²) in [4.78, 5) is 0.305. The molecule has 0 aliphatic carbocycles. The van der Waals surface area contributed by atoms with Crippen LogP contribution in [0.3, 0.4) is 0 Å². The van der Waals surface area contributed by atoms with Crippen molar-refractivity contribution in [1.29, 1.82) is 0 Å². The molecule has 1 aromatic carbocycles. The Morgan fingerprint density at radius 3 is 2.41 bits per heavy atom. The number of benzene rings is 1. The maximum Gasteiger partial charge on any atom is 0.240 e. The number of hydrogen-bond donors (Lipinski definition) is 1. The molecule has 0 saturated heterocycles. The second-order valence-electron chi connectivity index (χ2n) is 6.29. The number of rotatable bonds is 6. The van der Waals surface area contributed by atoms with E-state index in [1.54, 1.807) is 23.0 Å². The van der Waals surface area contributed by atoms with E-state index in [9.17, 15) is 8.42 Å². The van der Waals surface area contributed by atoms with Gasteiger partial charge in [-0.1, -0.05) is 32.9 Å². The topological polar surface area (TPSA) is 64.0 Å². The van der Waals surface area contributed by atoms with Gasteiger partial charge in [-0.25, -0.2) is 13.1 Å². The van der Waals surface area contributed by atoms with E-state index in [-0.39, 0.29) is 5.41 Å². The minimum Gasteiger partial charge on any atom is -0.273 e. The van der Waals surface area contributed by atoms with Crippen molar-refractivity contribution >= 4 is 10.0 Å². The molecule has 0 amide bonds. The van der Waals surface area contributed by atoms with Gasteiger partial charge in [0.1, 0.15) is 0 Å². The summed E-state index contributed by atoms with van der Waals surface area (Å²) in [6.07, 6.45) is 4.27. The van der Waals surface area contributed by atoms with Crippen molar-refractivity contribution < 1.29 is 8.42 Å². The second-order valence-corrected chi connectivity index (χ2v) is 8.06. The van der Waals surface area contributed by atoms with Crippen LogP contribution in [0.2, 0.25) is 0 Å². The van der Waals surface area contributed by atoms with Gasteiger partial charge in [0.25, 0.3) is 0 Å². The molecule has 1 aromatic heterocycles. The fourth-order valence-electron chi connectivity index (χ4n) is 2.10. The van der Waals surface area contributed by atoms with Crippen molar-refractivity contribution in [2.75, 3.05) is 6.54 Å². The van der Waals surface area contributed by atoms with Crippen molar-refractivity contribution in [3.8, 4) is 0 Å². The fraction of sp³-hybridized carbons (Fsp3) is 0.438. The summed E-state index contributed by atoms with van der Waals surface area (Å²) < 4.78 is 28.9. The van der Waals surface area contributed by atoms with E-state index in [1.165, 1.54) is 0 Å². The molecule has 2 rings (SSSR count). The summed E-state index contributed by atoms with van der Waals surface area (Å²) in [5, 5.41) is 4.08. The molecule has 0 unspecified atom stereocenters. The van der Waals surface area contributed by atoms with Gasteiger partial charge in [0, 0.05) is 25.5 Å². The molecule has 1 N–H and O–H groups in total. The summed E-state index contributed by atoms with van der Waals surface area (Å²) in [6.45, 7) is 7.39. The SMILES string of the molecule is CC(C)(C)c1ccc(S(=O)(=O)NCCCn2cccn2)cc1. The van der Waals surface area contributed by atoms with Crippen molar-refractivity contribution in [1.82, 2.24) is 14.5 Å². The Bertz CT molecular complexity index is 684. The first-order valence-electron chi connectivity index (χ1n) is 7.37. The molecule has 22 heavy (non-hydrogen) atoms. The van der Waals surface area contributed by atoms with Crippen LogP contribution in [0.4, 0.5) is 0 Å². The van der Waals surface area contributed by atoms with Crippen molar-refractivity contribution in [2.45, 2.75) is 44.0 Å². The minimum absolute atomic E-state index is 0.0134. The van der Waals surface area contributed by atoms with Crippen LogP contribution in [0.25, 0.3) is 0 Å². The first kappa shape index (κ1) is 16.7. The molecule has 0 spiro atoms. The molecule has 0 radical (unpaired) electrons. The number of nitrogens with zero attached hydrogens (tertiary/aromatic N) is 2. The lowest BCUT2D eigenvalue weighted by Crippen LogP contribution is -2.25. The molecule has 5 nitrogen and oxygen atoms in total. The van der Waals surface area contributed by atoms with E-state index in [0.717, 1.165) is 5.56 Å². The number of hydrogen-bond acceptors (Lipinski definition) is 3. The van der Waals surface area contributed by atoms with Gasteiger partial charge in [-0.3, -0.25) is 4.68 Å². The fourth-order valence-corrected chi connectivity index (χ4v) is 3.17. The monoisotopic (exact) mass is 321 g/mol. The summed E-state index contributed by atoms with van der Waals surface area (Å²) in [6, 6.07) is 8.92. The maximum atomic E-state index is 12.2. The zero-order chi connectivity index (χ0) is 16.2. The minimum atomic E-state index is -3.44. The quantitative estimate of drug-likeness (QED) is 0.832. The van der Waals surface area contributed by atoms with Gasteiger partial charge in [0.2, 0.25) is 10.0 Å². The molecule has 2 aromatic rings. The lowest BCUT2D eigenvalue weighted by atomic mass is 9.87. The highest BCUT2D eigenvalue weighted by Gasteiger charge is 2.17. The van der Waals surface area contributed by atoms with Crippen molar-refractivity contribution in [3.63, 3.8) is 0 Å². The summed E-state index contributed by atoms with van der Waals surface area (Å²) in [5.41, 5.74) is 1.13. The lowest BCUT2D eigenvalue weighted by Gasteiger charge is -2.19. The lowest BCUT2D eigenvalue weighted by molar-refractivity contribution is 0.552. The highest BCUT2D eigenvalue weighted by atomic mass is 32.2. The number of aryl methyl sites for hydroxylation is 1. The van der Waals surface area contributed by atoms with Gasteiger partial charge in [0.05, 0.1) is 4.90 Å². The van der Waals surface area contributed by atoms with Crippen molar-refractivity contribution in [2.24, 2.45) is 0 Å². The molecule has 1 heterocycles. The Labute approximate surface area is 132 Å². The van der Waals surface area contributed by atoms with Gasteiger partial charge in [0.15, 0.2) is 0 Å². The van der Waals surface area contributed by atoms with Crippen LogP contribution >= 0.6 is 0 Å². The Morgan fingerprint density at radius 2 is 1.86 bits per heavy atom. The zero-order valence-corrected chi connectivity index (χ0v) is 14.1. The van der Waals surface area contributed by atoms with Crippen LogP contribution in [0, 0.1) is 0 Å². The molecule has 0 fully saturated rings. The highest BCUT2D eigenvalue weighted by molar-refractivity contribution is 7.89. The average molecular weight is 321 g/mol. The number of sulfonamides is 1. The predicted molar refractivity (Wildman–Crippen MR) is 87.2 cm³/mol. The molecule has 0 aliphatic rings. The van der Waals surface area contributed by atoms with E-state index < -0.39 is 10.0 Å². The highest BCUT2D eigenvalue weighted by Crippen LogP contribution is 2.23. The first-order chi connectivity index (χ1) is 10.3. The summed E-state index contributed by atoms with van der Waals surface area (Å²) in [5.74, 6) is 0. The molecule has 120 valence electrons. The smallest absolute Gasteiger partial charge is 0.240 e. The van der Waals surface area contributed by atoms with E-state index in [1.807, 2.05) is 24.4 Å². The van der Waals surface area contributed by atoms with Crippen LogP contribution in [0.1, 0.15) is 32.8 Å². The van der Waals surface area contributed by atoms with Crippen LogP contribution < -0.4 is 4.72 Å². The third-order valence-electron chi connectivity index (χ3n) is 3.45. The van der Waals surface area contributed by atoms with Gasteiger partial charge in [-0.05, 0) is 35.6 Å². The van der Waals surface area contributed by atoms with Crippen molar-refractivity contribution in [3.05, 3.63) is 48.3 Å². The van der Waals surface area contributed by atoms with Gasteiger partial charge in [-0.15, -0.1) is 0 Å².